The van der Waals surface area contributed by atoms with E-state index in [0.717, 1.165) is 28.9 Å². The molecule has 1 atom stereocenters. The van der Waals surface area contributed by atoms with Crippen LogP contribution in [0.1, 0.15) is 55.1 Å². The van der Waals surface area contributed by atoms with E-state index in [1.807, 2.05) is 51.4 Å². The van der Waals surface area contributed by atoms with E-state index in [4.69, 9.17) is 15.1 Å². The number of fused-ring (bicyclic) bond motifs is 1. The Morgan fingerprint density at radius 3 is 2.63 bits per heavy atom. The molecule has 0 aliphatic carbocycles. The van der Waals surface area contributed by atoms with Crippen LogP contribution in [0.2, 0.25) is 0 Å². The van der Waals surface area contributed by atoms with Gasteiger partial charge in [-0.2, -0.15) is 5.10 Å². The van der Waals surface area contributed by atoms with Crippen molar-refractivity contribution in [1.29, 1.82) is 0 Å². The van der Waals surface area contributed by atoms with Gasteiger partial charge in [0.15, 0.2) is 5.65 Å². The molecule has 3 N–H and O–H groups in total. The highest BCUT2D eigenvalue weighted by molar-refractivity contribution is 6.06. The molecule has 0 bridgehead atoms. The van der Waals surface area contributed by atoms with Gasteiger partial charge in [-0.15, -0.1) is 0 Å². The van der Waals surface area contributed by atoms with Gasteiger partial charge in [-0.25, -0.2) is 9.67 Å². The van der Waals surface area contributed by atoms with E-state index in [1.165, 1.54) is 0 Å². The van der Waals surface area contributed by atoms with Crippen molar-refractivity contribution in [2.24, 2.45) is 5.73 Å². The summed E-state index contributed by atoms with van der Waals surface area (Å²) in [6, 6.07) is 3.93. The molecule has 144 valence electrons. The zero-order valence-electron chi connectivity index (χ0n) is 16.5. The van der Waals surface area contributed by atoms with E-state index in [1.54, 1.807) is 6.20 Å². The van der Waals surface area contributed by atoms with Gasteiger partial charge >= 0.3 is 0 Å². The maximum Gasteiger partial charge on any atom is 0.252 e. The maximum absolute atomic E-state index is 12.9. The van der Waals surface area contributed by atoms with Crippen LogP contribution in [-0.4, -0.2) is 33.3 Å². The molecule has 0 saturated heterocycles. The second-order valence-electron chi connectivity index (χ2n) is 7.32. The lowest BCUT2D eigenvalue weighted by Gasteiger charge is -2.11. The number of nitrogens with one attached hydrogen (secondary N) is 1. The molecule has 0 saturated carbocycles. The Morgan fingerprint density at radius 2 is 2.04 bits per heavy atom. The predicted molar refractivity (Wildman–Crippen MR) is 106 cm³/mol. The van der Waals surface area contributed by atoms with Gasteiger partial charge in [0.1, 0.15) is 11.5 Å². The van der Waals surface area contributed by atoms with Gasteiger partial charge in [-0.1, -0.05) is 0 Å². The third-order valence-corrected chi connectivity index (χ3v) is 4.50. The Hall–Kier alpha value is -2.67. The number of pyridine rings is 1. The smallest absolute Gasteiger partial charge is 0.252 e. The summed E-state index contributed by atoms with van der Waals surface area (Å²) >= 11 is 0. The van der Waals surface area contributed by atoms with E-state index in [0.29, 0.717) is 23.4 Å². The average Bonchev–Trinajstić information content (AvgIpc) is 3.16. The lowest BCUT2D eigenvalue weighted by Crippen LogP contribution is -2.29. The summed E-state index contributed by atoms with van der Waals surface area (Å²) < 4.78 is 7.49. The number of hydrogen-bond acceptors (Lipinski definition) is 5. The van der Waals surface area contributed by atoms with Crippen molar-refractivity contribution in [2.75, 3.05) is 6.54 Å². The third-order valence-electron chi connectivity index (χ3n) is 4.50. The van der Waals surface area contributed by atoms with Crippen molar-refractivity contribution < 1.29 is 9.21 Å². The average molecular weight is 369 g/mol. The number of carbonyl (C=O) groups excluding carboxylic acids is 1. The number of nitrogens with zero attached hydrogens (tertiary/aromatic N) is 3. The minimum atomic E-state index is -0.148. The number of aromatic nitrogens is 3. The molecule has 3 aromatic rings. The molecule has 1 amide bonds. The van der Waals surface area contributed by atoms with Crippen LogP contribution in [0.5, 0.6) is 0 Å². The zero-order chi connectivity index (χ0) is 19.7. The highest BCUT2D eigenvalue weighted by atomic mass is 16.3. The molecule has 7 heteroatoms. The predicted octanol–water partition coefficient (Wildman–Crippen LogP) is 3.36. The number of aryl methyl sites for hydroxylation is 2. The van der Waals surface area contributed by atoms with E-state index in [2.05, 4.69) is 10.4 Å². The highest BCUT2D eigenvalue weighted by Gasteiger charge is 2.20. The summed E-state index contributed by atoms with van der Waals surface area (Å²) in [5, 5.41) is 8.13. The summed E-state index contributed by atoms with van der Waals surface area (Å²) in [6.45, 7) is 10.3. The van der Waals surface area contributed by atoms with Crippen molar-refractivity contribution >= 4 is 16.9 Å². The Labute approximate surface area is 158 Å². The molecule has 0 aliphatic heterocycles. The van der Waals surface area contributed by atoms with Gasteiger partial charge in [0, 0.05) is 24.2 Å². The fourth-order valence-electron chi connectivity index (χ4n) is 3.12. The van der Waals surface area contributed by atoms with E-state index >= 15 is 0 Å². The molecule has 7 nitrogen and oxygen atoms in total. The molecule has 0 fully saturated rings. The van der Waals surface area contributed by atoms with Crippen molar-refractivity contribution in [3.63, 3.8) is 0 Å². The molecular weight excluding hydrogens is 342 g/mol. The highest BCUT2D eigenvalue weighted by Crippen LogP contribution is 2.30. The summed E-state index contributed by atoms with van der Waals surface area (Å²) in [6.07, 6.45) is 2.43. The molecular formula is C20H27N5O2. The topological polar surface area (TPSA) is 99.0 Å². The van der Waals surface area contributed by atoms with E-state index in [9.17, 15) is 4.79 Å². The molecule has 3 rings (SSSR count). The quantitative estimate of drug-likeness (QED) is 0.694. The van der Waals surface area contributed by atoms with Crippen LogP contribution < -0.4 is 11.1 Å². The summed E-state index contributed by atoms with van der Waals surface area (Å²) in [5.41, 5.74) is 8.62. The largest absolute Gasteiger partial charge is 0.466 e. The van der Waals surface area contributed by atoms with Gasteiger partial charge in [-0.05, 0) is 53.2 Å². The molecule has 0 aliphatic rings. The number of rotatable bonds is 6. The Morgan fingerprint density at radius 1 is 1.30 bits per heavy atom. The lowest BCUT2D eigenvalue weighted by atomic mass is 10.1. The number of carbonyl (C=O) groups is 1. The van der Waals surface area contributed by atoms with E-state index < -0.39 is 0 Å². The standard InChI is InChI=1S/C20H27N5O2/c1-11(2)25-19-17(10-23-25)16(20(26)22-7-6-12(3)21)9-18(24-19)15-8-13(4)27-14(15)5/h8-12H,6-7,21H2,1-5H3,(H,22,26). The van der Waals surface area contributed by atoms with Crippen molar-refractivity contribution in [2.45, 2.75) is 53.1 Å². The Bertz CT molecular complexity index is 968. The molecule has 0 spiro atoms. The summed E-state index contributed by atoms with van der Waals surface area (Å²) in [7, 11) is 0. The summed E-state index contributed by atoms with van der Waals surface area (Å²) in [4.78, 5) is 17.6. The van der Waals surface area contributed by atoms with Gasteiger partial charge in [-0.3, -0.25) is 4.79 Å². The number of hydrogen-bond donors (Lipinski definition) is 2. The Balaban J connectivity index is 2.10. The second kappa shape index (κ2) is 7.52. The van der Waals surface area contributed by atoms with Crippen LogP contribution in [0.25, 0.3) is 22.3 Å². The first-order valence-corrected chi connectivity index (χ1v) is 9.27. The summed E-state index contributed by atoms with van der Waals surface area (Å²) in [5.74, 6) is 1.44. The third kappa shape index (κ3) is 3.88. The first-order chi connectivity index (χ1) is 12.8. The van der Waals surface area contributed by atoms with Gasteiger partial charge < -0.3 is 15.5 Å². The lowest BCUT2D eigenvalue weighted by molar-refractivity contribution is 0.0954. The Kier molecular flexibility index (Phi) is 5.32. The first-order valence-electron chi connectivity index (χ1n) is 9.27. The van der Waals surface area contributed by atoms with Crippen molar-refractivity contribution in [3.05, 3.63) is 35.4 Å². The van der Waals surface area contributed by atoms with Crippen LogP contribution in [0, 0.1) is 13.8 Å². The normalized spacial score (nSPS) is 12.7. The maximum atomic E-state index is 12.9. The van der Waals surface area contributed by atoms with Gasteiger partial charge in [0.25, 0.3) is 5.91 Å². The molecule has 3 heterocycles. The first kappa shape index (κ1) is 19.1. The van der Waals surface area contributed by atoms with Gasteiger partial charge in [0.2, 0.25) is 0 Å². The monoisotopic (exact) mass is 369 g/mol. The van der Waals surface area contributed by atoms with E-state index in [-0.39, 0.29) is 18.0 Å². The fourth-order valence-corrected chi connectivity index (χ4v) is 3.12. The van der Waals surface area contributed by atoms with Crippen LogP contribution in [0.3, 0.4) is 0 Å². The fraction of sp³-hybridized carbons (Fsp3) is 0.450. The molecule has 0 radical (unpaired) electrons. The van der Waals surface area contributed by atoms with Crippen LogP contribution >= 0.6 is 0 Å². The molecule has 27 heavy (non-hydrogen) atoms. The second-order valence-corrected chi connectivity index (χ2v) is 7.32. The van der Waals surface area contributed by atoms with Crippen molar-refractivity contribution in [1.82, 2.24) is 20.1 Å². The SMILES string of the molecule is Cc1cc(-c2cc(C(=O)NCCC(C)N)c3cnn(C(C)C)c3n2)c(C)o1. The molecule has 1 unspecified atom stereocenters. The molecule has 0 aromatic carbocycles. The van der Waals surface area contributed by atoms with Crippen molar-refractivity contribution in [3.8, 4) is 11.3 Å². The zero-order valence-corrected chi connectivity index (χ0v) is 16.5. The van der Waals surface area contributed by atoms with Crippen LogP contribution in [0.4, 0.5) is 0 Å². The number of furan rings is 1. The number of amides is 1. The molecule has 3 aromatic heterocycles. The minimum Gasteiger partial charge on any atom is -0.466 e. The van der Waals surface area contributed by atoms with Crippen LogP contribution in [-0.2, 0) is 0 Å². The van der Waals surface area contributed by atoms with Gasteiger partial charge in [0.05, 0.1) is 22.8 Å². The van der Waals surface area contributed by atoms with Crippen LogP contribution in [0.15, 0.2) is 22.7 Å². The number of nitrogens with two attached hydrogens (primary N) is 1. The minimum absolute atomic E-state index is 0.0403.